The number of carboxylic acid groups (broad SMARTS) is 2. The van der Waals surface area contributed by atoms with Gasteiger partial charge in [-0.25, -0.2) is 14.0 Å². The Kier molecular flexibility index (Phi) is 12.4. The smallest absolute Gasteiger partial charge is 0.414 e. The standard InChI is InChI=1S/C15H24FN3O.C2H2O4/c1-3-19(4-2)10-6-9-17-12-15(20)18-14-8-5-7-13(16)11-14;3-1(4)2(5)6/h5,7-8,11,17H,3-4,6,9-10,12H2,1-2H3,(H,18,20);(H,3,4)(H,5,6). The molecule has 0 unspecified atom stereocenters. The number of aliphatic carboxylic acids is 2. The van der Waals surface area contributed by atoms with Gasteiger partial charge in [0.05, 0.1) is 6.54 Å². The van der Waals surface area contributed by atoms with E-state index in [1.54, 1.807) is 12.1 Å². The van der Waals surface area contributed by atoms with Crippen molar-refractivity contribution in [2.75, 3.05) is 38.0 Å². The Hall–Kier alpha value is -2.52. The summed E-state index contributed by atoms with van der Waals surface area (Å²) in [5, 5.41) is 20.5. The van der Waals surface area contributed by atoms with Crippen LogP contribution in [0, 0.1) is 5.82 Å². The van der Waals surface area contributed by atoms with Crippen molar-refractivity contribution in [1.82, 2.24) is 10.2 Å². The maximum Gasteiger partial charge on any atom is 0.414 e. The number of hydrogen-bond donors (Lipinski definition) is 4. The molecule has 0 bridgehead atoms. The van der Waals surface area contributed by atoms with Crippen LogP contribution in [0.3, 0.4) is 0 Å². The van der Waals surface area contributed by atoms with Crippen LogP contribution in [0.5, 0.6) is 0 Å². The summed E-state index contributed by atoms with van der Waals surface area (Å²) < 4.78 is 12.9. The molecule has 1 aromatic rings. The third kappa shape index (κ3) is 11.9. The van der Waals surface area contributed by atoms with Gasteiger partial charge in [-0.2, -0.15) is 0 Å². The first-order chi connectivity index (χ1) is 12.3. The van der Waals surface area contributed by atoms with E-state index in [0.29, 0.717) is 5.69 Å². The van der Waals surface area contributed by atoms with Gasteiger partial charge >= 0.3 is 11.9 Å². The van der Waals surface area contributed by atoms with Crippen molar-refractivity contribution in [3.05, 3.63) is 30.1 Å². The molecule has 0 fully saturated rings. The molecule has 26 heavy (non-hydrogen) atoms. The van der Waals surface area contributed by atoms with Crippen LogP contribution in [-0.4, -0.2) is 65.7 Å². The third-order valence-corrected chi connectivity index (χ3v) is 3.30. The number of carbonyl (C=O) groups excluding carboxylic acids is 1. The molecule has 0 saturated carbocycles. The van der Waals surface area contributed by atoms with Gasteiger partial charge in [0.15, 0.2) is 0 Å². The number of nitrogens with zero attached hydrogens (tertiary/aromatic N) is 1. The average Bonchev–Trinajstić information content (AvgIpc) is 2.58. The van der Waals surface area contributed by atoms with Crippen molar-refractivity contribution in [2.45, 2.75) is 20.3 Å². The lowest BCUT2D eigenvalue weighted by Crippen LogP contribution is -2.31. The van der Waals surface area contributed by atoms with Gasteiger partial charge in [0.1, 0.15) is 5.82 Å². The van der Waals surface area contributed by atoms with Crippen LogP contribution in [0.1, 0.15) is 20.3 Å². The number of amides is 1. The number of benzene rings is 1. The van der Waals surface area contributed by atoms with E-state index < -0.39 is 11.9 Å². The molecular formula is C17H26FN3O5. The highest BCUT2D eigenvalue weighted by atomic mass is 19.1. The van der Waals surface area contributed by atoms with Crippen molar-refractivity contribution in [3.63, 3.8) is 0 Å². The Balaban J connectivity index is 0.000000896. The van der Waals surface area contributed by atoms with Gasteiger partial charge in [0.25, 0.3) is 0 Å². The maximum atomic E-state index is 12.9. The summed E-state index contributed by atoms with van der Waals surface area (Å²) in [5.41, 5.74) is 0.486. The molecule has 9 heteroatoms. The zero-order valence-electron chi connectivity index (χ0n) is 15.0. The molecule has 4 N–H and O–H groups in total. The van der Waals surface area contributed by atoms with Crippen LogP contribution < -0.4 is 10.6 Å². The first-order valence-electron chi connectivity index (χ1n) is 8.24. The van der Waals surface area contributed by atoms with Crippen LogP contribution >= 0.6 is 0 Å². The summed E-state index contributed by atoms with van der Waals surface area (Å²) >= 11 is 0. The molecule has 0 heterocycles. The minimum atomic E-state index is -1.82. The van der Waals surface area contributed by atoms with Crippen molar-refractivity contribution >= 4 is 23.5 Å². The van der Waals surface area contributed by atoms with Gasteiger partial charge in [-0.15, -0.1) is 0 Å². The molecule has 1 amide bonds. The topological polar surface area (TPSA) is 119 Å². The van der Waals surface area contributed by atoms with Gasteiger partial charge in [-0.1, -0.05) is 19.9 Å². The number of rotatable bonds is 9. The summed E-state index contributed by atoms with van der Waals surface area (Å²) in [6.07, 6.45) is 1.01. The molecule has 0 aliphatic heterocycles. The van der Waals surface area contributed by atoms with Gasteiger partial charge in [0, 0.05) is 5.69 Å². The minimum absolute atomic E-state index is 0.154. The molecule has 0 saturated heterocycles. The highest BCUT2D eigenvalue weighted by Gasteiger charge is 2.04. The lowest BCUT2D eigenvalue weighted by molar-refractivity contribution is -0.159. The quantitative estimate of drug-likeness (QED) is 0.381. The van der Waals surface area contributed by atoms with E-state index in [1.807, 2.05) is 0 Å². The number of anilines is 1. The van der Waals surface area contributed by atoms with Gasteiger partial charge in [-0.05, 0) is 50.8 Å². The summed E-state index contributed by atoms with van der Waals surface area (Å²) in [4.78, 5) is 32.2. The molecule has 1 aromatic carbocycles. The van der Waals surface area contributed by atoms with Gasteiger partial charge in [-0.3, -0.25) is 4.79 Å². The van der Waals surface area contributed by atoms with Crippen molar-refractivity contribution in [3.8, 4) is 0 Å². The molecule has 1 rings (SSSR count). The number of halogens is 1. The van der Waals surface area contributed by atoms with E-state index in [4.69, 9.17) is 19.8 Å². The number of nitrogens with one attached hydrogen (secondary N) is 2. The van der Waals surface area contributed by atoms with Crippen molar-refractivity contribution in [2.24, 2.45) is 0 Å². The zero-order chi connectivity index (χ0) is 19.9. The first-order valence-corrected chi connectivity index (χ1v) is 8.24. The molecule has 146 valence electrons. The Labute approximate surface area is 152 Å². The molecule has 0 spiro atoms. The van der Waals surface area contributed by atoms with Crippen LogP contribution in [0.25, 0.3) is 0 Å². The number of hydrogen-bond acceptors (Lipinski definition) is 5. The first kappa shape index (κ1) is 23.5. The third-order valence-electron chi connectivity index (χ3n) is 3.30. The summed E-state index contributed by atoms with van der Waals surface area (Å²) in [5.74, 6) is -4.15. The van der Waals surface area contributed by atoms with E-state index in [9.17, 15) is 9.18 Å². The second-order valence-electron chi connectivity index (χ2n) is 5.23. The summed E-state index contributed by atoms with van der Waals surface area (Å²) in [6, 6.07) is 5.89. The van der Waals surface area contributed by atoms with E-state index >= 15 is 0 Å². The second kappa shape index (κ2) is 13.7. The van der Waals surface area contributed by atoms with Gasteiger partial charge in [0.2, 0.25) is 5.91 Å². The van der Waals surface area contributed by atoms with E-state index in [1.165, 1.54) is 12.1 Å². The number of carbonyl (C=O) groups is 3. The average molecular weight is 371 g/mol. The van der Waals surface area contributed by atoms with E-state index in [2.05, 4.69) is 29.4 Å². The fourth-order valence-electron chi connectivity index (χ4n) is 1.94. The fraction of sp³-hybridized carbons (Fsp3) is 0.471. The maximum absolute atomic E-state index is 12.9. The lowest BCUT2D eigenvalue weighted by atomic mass is 10.3. The van der Waals surface area contributed by atoms with Crippen LogP contribution in [0.15, 0.2) is 24.3 Å². The molecule has 0 aliphatic carbocycles. The van der Waals surface area contributed by atoms with E-state index in [-0.39, 0.29) is 18.3 Å². The molecule has 0 aromatic heterocycles. The summed E-state index contributed by atoms with van der Waals surface area (Å²) in [6.45, 7) is 8.47. The lowest BCUT2D eigenvalue weighted by Gasteiger charge is -2.17. The monoisotopic (exact) mass is 371 g/mol. The Bertz CT molecular complexity index is 567. The molecule has 0 aliphatic rings. The van der Waals surface area contributed by atoms with Gasteiger partial charge < -0.3 is 25.7 Å². The minimum Gasteiger partial charge on any atom is -0.473 e. The predicted octanol–water partition coefficient (Wildman–Crippen LogP) is 1.24. The van der Waals surface area contributed by atoms with Crippen molar-refractivity contribution < 1.29 is 29.0 Å². The normalized spacial score (nSPS) is 10.0. The Morgan fingerprint density at radius 1 is 1.12 bits per heavy atom. The Morgan fingerprint density at radius 3 is 2.23 bits per heavy atom. The van der Waals surface area contributed by atoms with Crippen LogP contribution in [0.2, 0.25) is 0 Å². The second-order valence-corrected chi connectivity index (χ2v) is 5.23. The summed E-state index contributed by atoms with van der Waals surface area (Å²) in [7, 11) is 0. The largest absolute Gasteiger partial charge is 0.473 e. The molecule has 0 radical (unpaired) electrons. The van der Waals surface area contributed by atoms with Crippen molar-refractivity contribution in [1.29, 1.82) is 0 Å². The highest BCUT2D eigenvalue weighted by Crippen LogP contribution is 2.08. The van der Waals surface area contributed by atoms with Crippen LogP contribution in [-0.2, 0) is 14.4 Å². The SMILES string of the molecule is CCN(CC)CCCNCC(=O)Nc1cccc(F)c1.O=C(O)C(=O)O. The molecule has 0 atom stereocenters. The predicted molar refractivity (Wildman–Crippen MR) is 95.6 cm³/mol. The fourth-order valence-corrected chi connectivity index (χ4v) is 1.94. The highest BCUT2D eigenvalue weighted by molar-refractivity contribution is 6.27. The molecular weight excluding hydrogens is 345 g/mol. The Morgan fingerprint density at radius 2 is 1.73 bits per heavy atom. The van der Waals surface area contributed by atoms with E-state index in [0.717, 1.165) is 32.6 Å². The molecule has 8 nitrogen and oxygen atoms in total. The zero-order valence-corrected chi connectivity index (χ0v) is 15.0. The number of carboxylic acids is 2. The van der Waals surface area contributed by atoms with Crippen LogP contribution in [0.4, 0.5) is 10.1 Å².